The van der Waals surface area contributed by atoms with Crippen molar-refractivity contribution < 1.29 is 13.9 Å². The maximum atomic E-state index is 13.9. The highest BCUT2D eigenvalue weighted by Crippen LogP contribution is 2.37. The number of aromatic nitrogens is 3. The molecule has 0 aliphatic carbocycles. The number of hydrogen-bond donors (Lipinski definition) is 0. The fourth-order valence-corrected chi connectivity index (χ4v) is 5.01. The van der Waals surface area contributed by atoms with E-state index in [4.69, 9.17) is 21.3 Å². The number of rotatable bonds is 6. The van der Waals surface area contributed by atoms with Crippen molar-refractivity contribution in [3.05, 3.63) is 102 Å². The Bertz CT molecular complexity index is 1620. The molecule has 0 saturated carbocycles. The van der Waals surface area contributed by atoms with E-state index < -0.39 is 5.82 Å². The smallest absolute Gasteiger partial charge is 0.260 e. The molecule has 1 amide bonds. The molecule has 7 nitrogen and oxygen atoms in total. The largest absolute Gasteiger partial charge is 0.481 e. The Balaban J connectivity index is 1.27. The molecule has 0 spiro atoms. The molecule has 5 aromatic rings. The summed E-state index contributed by atoms with van der Waals surface area (Å²) in [6.07, 6.45) is 3.67. The van der Waals surface area contributed by atoms with Gasteiger partial charge in [-0.15, -0.1) is 0 Å². The van der Waals surface area contributed by atoms with Gasteiger partial charge in [-0.3, -0.25) is 4.79 Å². The summed E-state index contributed by atoms with van der Waals surface area (Å²) in [7, 11) is 0. The Hall–Kier alpha value is -4.43. The molecule has 0 atom stereocenters. The maximum absolute atomic E-state index is 13.9. The second-order valence-corrected chi connectivity index (χ2v) is 9.67. The molecule has 196 valence electrons. The summed E-state index contributed by atoms with van der Waals surface area (Å²) in [5.41, 5.74) is 3.82. The van der Waals surface area contributed by atoms with Gasteiger partial charge in [-0.05, 0) is 42.0 Å². The summed E-state index contributed by atoms with van der Waals surface area (Å²) in [6.45, 7) is 1.99. The summed E-state index contributed by atoms with van der Waals surface area (Å²) in [5, 5.41) is 1.61. The van der Waals surface area contributed by atoms with Crippen molar-refractivity contribution >= 4 is 34.4 Å². The van der Waals surface area contributed by atoms with Crippen LogP contribution in [0.5, 0.6) is 5.75 Å². The Morgan fingerprint density at radius 2 is 1.62 bits per heavy atom. The molecule has 6 rings (SSSR count). The normalized spacial score (nSPS) is 13.6. The number of benzene rings is 3. The highest BCUT2D eigenvalue weighted by Gasteiger charge is 2.26. The van der Waals surface area contributed by atoms with Crippen molar-refractivity contribution in [3.63, 3.8) is 0 Å². The third-order valence-corrected chi connectivity index (χ3v) is 7.12. The highest BCUT2D eigenvalue weighted by molar-refractivity contribution is 6.30. The van der Waals surface area contributed by atoms with Crippen LogP contribution in [-0.4, -0.2) is 58.1 Å². The number of piperazine rings is 1. The molecule has 1 aliphatic rings. The zero-order valence-corrected chi connectivity index (χ0v) is 21.8. The summed E-state index contributed by atoms with van der Waals surface area (Å²) >= 11 is 6.14. The molecular formula is C30H25ClFN5O2. The van der Waals surface area contributed by atoms with E-state index in [0.29, 0.717) is 31.2 Å². The Labute approximate surface area is 230 Å². The molecule has 1 aliphatic heterocycles. The molecule has 0 radical (unpaired) electrons. The van der Waals surface area contributed by atoms with Crippen LogP contribution in [-0.2, 0) is 4.79 Å². The lowest BCUT2D eigenvalue weighted by Gasteiger charge is -2.35. The van der Waals surface area contributed by atoms with Gasteiger partial charge in [-0.2, -0.15) is 0 Å². The predicted octanol–water partition coefficient (Wildman–Crippen LogP) is 5.61. The summed E-state index contributed by atoms with van der Waals surface area (Å²) in [6, 6.07) is 23.9. The minimum absolute atomic E-state index is 0.0755. The SMILES string of the molecule is O=C(COc1ccccc1F)N1CCN(c2ncnc3c2c(-c2ccccc2)cn3-c2ccc(Cl)cc2)CC1. The van der Waals surface area contributed by atoms with Gasteiger partial charge in [0.1, 0.15) is 12.1 Å². The van der Waals surface area contributed by atoms with Gasteiger partial charge in [0.05, 0.1) is 5.39 Å². The quantitative estimate of drug-likeness (QED) is 0.280. The van der Waals surface area contributed by atoms with E-state index in [9.17, 15) is 9.18 Å². The fraction of sp³-hybridized carbons (Fsp3) is 0.167. The van der Waals surface area contributed by atoms with Gasteiger partial charge >= 0.3 is 0 Å². The van der Waals surface area contributed by atoms with Crippen LogP contribution in [0.15, 0.2) is 91.4 Å². The Morgan fingerprint density at radius 3 is 2.36 bits per heavy atom. The molecule has 1 fully saturated rings. The molecular weight excluding hydrogens is 517 g/mol. The van der Waals surface area contributed by atoms with Crippen molar-refractivity contribution in [2.45, 2.75) is 0 Å². The highest BCUT2D eigenvalue weighted by atomic mass is 35.5. The molecule has 0 bridgehead atoms. The first kappa shape index (κ1) is 24.9. The van der Waals surface area contributed by atoms with E-state index in [1.54, 1.807) is 23.4 Å². The van der Waals surface area contributed by atoms with Gasteiger partial charge in [-0.1, -0.05) is 54.1 Å². The lowest BCUT2D eigenvalue weighted by molar-refractivity contribution is -0.133. The predicted molar refractivity (Wildman–Crippen MR) is 150 cm³/mol. The Kier molecular flexibility index (Phi) is 6.85. The minimum atomic E-state index is -0.484. The molecule has 1 saturated heterocycles. The van der Waals surface area contributed by atoms with Crippen LogP contribution in [0.25, 0.3) is 27.8 Å². The Morgan fingerprint density at radius 1 is 0.897 bits per heavy atom. The lowest BCUT2D eigenvalue weighted by atomic mass is 10.1. The molecule has 3 heterocycles. The lowest BCUT2D eigenvalue weighted by Crippen LogP contribution is -2.50. The number of fused-ring (bicyclic) bond motifs is 1. The van der Waals surface area contributed by atoms with Crippen molar-refractivity contribution in [2.75, 3.05) is 37.7 Å². The van der Waals surface area contributed by atoms with E-state index >= 15 is 0 Å². The second-order valence-electron chi connectivity index (χ2n) is 9.24. The zero-order valence-electron chi connectivity index (χ0n) is 21.0. The number of amides is 1. The van der Waals surface area contributed by atoms with Gasteiger partial charge in [0.2, 0.25) is 0 Å². The summed E-state index contributed by atoms with van der Waals surface area (Å²) in [4.78, 5) is 26.1. The first-order chi connectivity index (χ1) is 19.1. The number of ether oxygens (including phenoxy) is 1. The van der Waals surface area contributed by atoms with Gasteiger partial charge in [0.25, 0.3) is 5.91 Å². The molecule has 39 heavy (non-hydrogen) atoms. The van der Waals surface area contributed by atoms with E-state index in [1.165, 1.54) is 12.1 Å². The van der Waals surface area contributed by atoms with Gasteiger partial charge in [0, 0.05) is 48.6 Å². The third-order valence-electron chi connectivity index (χ3n) is 6.87. The molecule has 0 N–H and O–H groups in total. The monoisotopic (exact) mass is 541 g/mol. The van der Waals surface area contributed by atoms with E-state index in [-0.39, 0.29) is 18.3 Å². The topological polar surface area (TPSA) is 63.5 Å². The van der Waals surface area contributed by atoms with Crippen LogP contribution in [0.4, 0.5) is 10.2 Å². The molecule has 2 aromatic heterocycles. The van der Waals surface area contributed by atoms with Crippen LogP contribution in [0.2, 0.25) is 5.02 Å². The van der Waals surface area contributed by atoms with E-state index in [1.807, 2.05) is 42.5 Å². The van der Waals surface area contributed by atoms with Crippen LogP contribution in [0.3, 0.4) is 0 Å². The number of carbonyl (C=O) groups is 1. The fourth-order valence-electron chi connectivity index (χ4n) is 4.88. The average Bonchev–Trinajstić information content (AvgIpc) is 3.37. The maximum Gasteiger partial charge on any atom is 0.260 e. The average molecular weight is 542 g/mol. The number of anilines is 1. The van der Waals surface area contributed by atoms with Crippen LogP contribution in [0.1, 0.15) is 0 Å². The number of halogens is 2. The summed E-state index contributed by atoms with van der Waals surface area (Å²) in [5.74, 6) is 0.236. The first-order valence-electron chi connectivity index (χ1n) is 12.7. The van der Waals surface area contributed by atoms with Crippen LogP contribution >= 0.6 is 11.6 Å². The van der Waals surface area contributed by atoms with Gasteiger partial charge < -0.3 is 19.1 Å². The van der Waals surface area contributed by atoms with Crippen molar-refractivity contribution in [1.29, 1.82) is 0 Å². The standard InChI is InChI=1S/C30H25ClFN5O2/c31-22-10-12-23(13-11-22)37-18-24(21-6-2-1-3-7-21)28-29(33-20-34-30(28)37)36-16-14-35(15-17-36)27(38)19-39-26-9-5-4-8-25(26)32/h1-13,18,20H,14-17,19H2. The van der Waals surface area contributed by atoms with E-state index in [0.717, 1.165) is 33.7 Å². The molecule has 9 heteroatoms. The number of carbonyl (C=O) groups excluding carboxylic acids is 1. The number of hydrogen-bond acceptors (Lipinski definition) is 5. The minimum Gasteiger partial charge on any atom is -0.481 e. The van der Waals surface area contributed by atoms with Crippen molar-refractivity contribution in [2.24, 2.45) is 0 Å². The van der Waals surface area contributed by atoms with Crippen molar-refractivity contribution in [3.8, 4) is 22.6 Å². The van der Waals surface area contributed by atoms with Crippen LogP contribution in [0, 0.1) is 5.82 Å². The number of para-hydroxylation sites is 1. The summed E-state index contributed by atoms with van der Waals surface area (Å²) < 4.78 is 21.3. The van der Waals surface area contributed by atoms with Crippen LogP contribution < -0.4 is 9.64 Å². The molecule has 0 unspecified atom stereocenters. The molecule has 3 aromatic carbocycles. The second kappa shape index (κ2) is 10.7. The van der Waals surface area contributed by atoms with Crippen molar-refractivity contribution in [1.82, 2.24) is 19.4 Å². The van der Waals surface area contributed by atoms with E-state index in [2.05, 4.69) is 32.8 Å². The van der Waals surface area contributed by atoms with Gasteiger partial charge in [-0.25, -0.2) is 14.4 Å². The third kappa shape index (κ3) is 5.03. The van der Waals surface area contributed by atoms with Gasteiger partial charge in [0.15, 0.2) is 23.8 Å². The first-order valence-corrected chi connectivity index (χ1v) is 13.0. The zero-order chi connectivity index (χ0) is 26.8. The number of nitrogens with zero attached hydrogens (tertiary/aromatic N) is 5.